The number of thiophene rings is 1. The third-order valence-electron chi connectivity index (χ3n) is 4.18. The number of nitrogens with zero attached hydrogens (tertiary/aromatic N) is 1. The number of amides is 2. The molecule has 4 nitrogen and oxygen atoms in total. The number of carbonyl (C=O) groups is 2. The van der Waals surface area contributed by atoms with Crippen LogP contribution >= 0.6 is 58.5 Å². The predicted molar refractivity (Wildman–Crippen MR) is 128 cm³/mol. The van der Waals surface area contributed by atoms with Crippen LogP contribution in [0.5, 0.6) is 0 Å². The highest BCUT2D eigenvalue weighted by Gasteiger charge is 2.31. The monoisotopic (exact) mass is 484 g/mol. The second-order valence-corrected chi connectivity index (χ2v) is 9.83. The molecule has 152 valence electrons. The van der Waals surface area contributed by atoms with E-state index >= 15 is 0 Å². The minimum Gasteiger partial charge on any atom is -0.325 e. The molecule has 0 radical (unpaired) electrons. The number of hydrogen-bond acceptors (Lipinski definition) is 5. The van der Waals surface area contributed by atoms with Gasteiger partial charge in [0.2, 0.25) is 5.91 Å². The summed E-state index contributed by atoms with van der Waals surface area (Å²) in [5, 5.41) is 5.70. The van der Waals surface area contributed by atoms with Crippen LogP contribution in [-0.2, 0) is 9.59 Å². The van der Waals surface area contributed by atoms with Crippen molar-refractivity contribution < 1.29 is 9.59 Å². The van der Waals surface area contributed by atoms with Gasteiger partial charge in [0.15, 0.2) is 0 Å². The average molecular weight is 485 g/mol. The maximum absolute atomic E-state index is 12.5. The fourth-order valence-corrected chi connectivity index (χ4v) is 5.22. The summed E-state index contributed by atoms with van der Waals surface area (Å²) >= 11 is 20.2. The molecule has 2 heterocycles. The summed E-state index contributed by atoms with van der Waals surface area (Å²) in [7, 11) is 0. The summed E-state index contributed by atoms with van der Waals surface area (Å²) in [4.78, 5) is 28.0. The van der Waals surface area contributed by atoms with Crippen molar-refractivity contribution in [2.24, 2.45) is 0 Å². The molecule has 1 aliphatic heterocycles. The van der Waals surface area contributed by atoms with E-state index in [1.807, 2.05) is 23.6 Å². The molecule has 0 atom stereocenters. The molecule has 3 rings (SSSR count). The van der Waals surface area contributed by atoms with Crippen LogP contribution < -0.4 is 5.32 Å². The summed E-state index contributed by atoms with van der Waals surface area (Å²) in [5.74, 6) is -0.137. The topological polar surface area (TPSA) is 49.4 Å². The number of hydrogen-bond donors (Lipinski definition) is 1. The van der Waals surface area contributed by atoms with Crippen molar-refractivity contribution in [3.05, 3.63) is 55.5 Å². The minimum absolute atomic E-state index is 0.0384. The van der Waals surface area contributed by atoms with Crippen molar-refractivity contribution in [1.82, 2.24) is 4.90 Å². The number of rotatable bonds is 8. The van der Waals surface area contributed by atoms with Gasteiger partial charge in [-0.15, -0.1) is 11.3 Å². The summed E-state index contributed by atoms with van der Waals surface area (Å²) in [6.07, 6.45) is 4.60. The summed E-state index contributed by atoms with van der Waals surface area (Å²) in [6, 6.07) is 8.88. The summed E-state index contributed by atoms with van der Waals surface area (Å²) < 4.78 is 0.591. The van der Waals surface area contributed by atoms with Crippen LogP contribution in [0.2, 0.25) is 10.0 Å². The molecule has 0 saturated carbocycles. The quantitative estimate of drug-likeness (QED) is 0.265. The van der Waals surface area contributed by atoms with Crippen molar-refractivity contribution in [2.75, 3.05) is 11.9 Å². The molecule has 1 saturated heterocycles. The first-order valence-electron chi connectivity index (χ1n) is 8.98. The third-order valence-corrected chi connectivity index (χ3v) is 6.93. The van der Waals surface area contributed by atoms with E-state index in [2.05, 4.69) is 5.32 Å². The molecule has 0 aliphatic carbocycles. The largest absolute Gasteiger partial charge is 0.325 e. The Balaban J connectivity index is 1.39. The molecule has 1 aromatic carbocycles. The first kappa shape index (κ1) is 22.3. The van der Waals surface area contributed by atoms with Crippen LogP contribution in [0.4, 0.5) is 5.69 Å². The van der Waals surface area contributed by atoms with E-state index in [0.29, 0.717) is 37.9 Å². The van der Waals surface area contributed by atoms with E-state index in [4.69, 9.17) is 35.4 Å². The Morgan fingerprint density at radius 2 is 2.03 bits per heavy atom. The van der Waals surface area contributed by atoms with Crippen LogP contribution in [0.25, 0.3) is 6.08 Å². The van der Waals surface area contributed by atoms with Gasteiger partial charge < -0.3 is 5.32 Å². The Labute approximate surface area is 193 Å². The van der Waals surface area contributed by atoms with Crippen LogP contribution in [0.15, 0.2) is 40.6 Å². The zero-order valence-corrected chi connectivity index (χ0v) is 19.3. The van der Waals surface area contributed by atoms with E-state index in [9.17, 15) is 9.59 Å². The van der Waals surface area contributed by atoms with Gasteiger partial charge in [-0.1, -0.05) is 59.7 Å². The van der Waals surface area contributed by atoms with E-state index in [1.54, 1.807) is 34.4 Å². The maximum atomic E-state index is 12.5. The van der Waals surface area contributed by atoms with Crippen molar-refractivity contribution in [3.8, 4) is 0 Å². The van der Waals surface area contributed by atoms with Crippen LogP contribution in [-0.4, -0.2) is 27.6 Å². The predicted octanol–water partition coefficient (Wildman–Crippen LogP) is 6.46. The van der Waals surface area contributed by atoms with Crippen molar-refractivity contribution in [3.63, 3.8) is 0 Å². The Hall–Kier alpha value is -1.38. The van der Waals surface area contributed by atoms with Gasteiger partial charge in [-0.3, -0.25) is 14.5 Å². The van der Waals surface area contributed by atoms with E-state index in [-0.39, 0.29) is 11.8 Å². The van der Waals surface area contributed by atoms with E-state index in [0.717, 1.165) is 24.1 Å². The Morgan fingerprint density at radius 3 is 2.76 bits per heavy atom. The summed E-state index contributed by atoms with van der Waals surface area (Å²) in [6.45, 7) is 0.567. The Morgan fingerprint density at radius 1 is 1.21 bits per heavy atom. The van der Waals surface area contributed by atoms with Gasteiger partial charge in [0, 0.05) is 22.9 Å². The molecule has 29 heavy (non-hydrogen) atoms. The first-order chi connectivity index (χ1) is 13.9. The normalized spacial score (nSPS) is 15.4. The number of halogens is 2. The Bertz CT molecular complexity index is 945. The smallest absolute Gasteiger partial charge is 0.266 e. The molecule has 0 bridgehead atoms. The number of carbonyl (C=O) groups excluding carboxylic acids is 2. The molecular formula is C20H18Cl2N2O2S3. The van der Waals surface area contributed by atoms with Crippen LogP contribution in [0.1, 0.15) is 30.6 Å². The molecule has 9 heteroatoms. The van der Waals surface area contributed by atoms with Gasteiger partial charge in [-0.05, 0) is 48.6 Å². The lowest BCUT2D eigenvalue weighted by molar-refractivity contribution is -0.122. The van der Waals surface area contributed by atoms with Gasteiger partial charge in [0.25, 0.3) is 5.91 Å². The number of nitrogens with one attached hydrogen (secondary N) is 1. The van der Waals surface area contributed by atoms with Crippen LogP contribution in [0, 0.1) is 0 Å². The zero-order chi connectivity index (χ0) is 20.8. The number of benzene rings is 1. The third kappa shape index (κ3) is 6.30. The standard InChI is InChI=1S/C20H18Cl2N2O2S3/c21-13-7-8-16(15(22)11-13)23-18(25)6-2-1-3-9-24-19(26)17(29-20(24)27)12-14-5-4-10-28-14/h4-5,7-8,10-12H,1-3,6,9H2,(H,23,25). The number of thioether (sulfide) groups is 1. The molecule has 1 aliphatic rings. The van der Waals surface area contributed by atoms with Gasteiger partial charge in [-0.25, -0.2) is 0 Å². The van der Waals surface area contributed by atoms with E-state index < -0.39 is 0 Å². The molecule has 1 fully saturated rings. The number of anilines is 1. The molecule has 0 spiro atoms. The zero-order valence-electron chi connectivity index (χ0n) is 15.3. The van der Waals surface area contributed by atoms with E-state index in [1.165, 1.54) is 11.8 Å². The molecule has 1 aromatic heterocycles. The maximum Gasteiger partial charge on any atom is 0.266 e. The van der Waals surface area contributed by atoms with Crippen LogP contribution in [0.3, 0.4) is 0 Å². The number of thiocarbonyl (C=S) groups is 1. The van der Waals surface area contributed by atoms with Crippen molar-refractivity contribution in [1.29, 1.82) is 0 Å². The SMILES string of the molecule is O=C(CCCCCN1C(=O)C(=Cc2cccs2)SC1=S)Nc1ccc(Cl)cc1Cl. The fraction of sp³-hybridized carbons (Fsp3) is 0.250. The highest BCUT2D eigenvalue weighted by molar-refractivity contribution is 8.26. The molecule has 0 unspecified atom stereocenters. The second-order valence-electron chi connectivity index (χ2n) is 6.33. The lowest BCUT2D eigenvalue weighted by Crippen LogP contribution is -2.29. The molecule has 2 amide bonds. The number of unbranched alkanes of at least 4 members (excludes halogenated alkanes) is 2. The van der Waals surface area contributed by atoms with Crippen molar-refractivity contribution >= 4 is 86.4 Å². The lowest BCUT2D eigenvalue weighted by atomic mass is 10.1. The fourth-order valence-electron chi connectivity index (χ4n) is 2.73. The first-order valence-corrected chi connectivity index (χ1v) is 11.8. The highest BCUT2D eigenvalue weighted by Crippen LogP contribution is 2.33. The lowest BCUT2D eigenvalue weighted by Gasteiger charge is -2.14. The van der Waals surface area contributed by atoms with Crippen molar-refractivity contribution in [2.45, 2.75) is 25.7 Å². The van der Waals surface area contributed by atoms with Gasteiger partial charge in [0.1, 0.15) is 4.32 Å². The molecule has 1 N–H and O–H groups in total. The second kappa shape index (κ2) is 10.6. The van der Waals surface area contributed by atoms with Gasteiger partial charge in [-0.2, -0.15) is 0 Å². The molecular weight excluding hydrogens is 467 g/mol. The van der Waals surface area contributed by atoms with Gasteiger partial charge in [0.05, 0.1) is 15.6 Å². The highest BCUT2D eigenvalue weighted by atomic mass is 35.5. The Kier molecular flexibility index (Phi) is 8.15. The summed E-state index contributed by atoms with van der Waals surface area (Å²) in [5.41, 5.74) is 0.552. The molecule has 2 aromatic rings. The minimum atomic E-state index is -0.0984. The van der Waals surface area contributed by atoms with Gasteiger partial charge >= 0.3 is 0 Å². The average Bonchev–Trinajstić information content (AvgIpc) is 3.27.